The van der Waals surface area contributed by atoms with Gasteiger partial charge in [0.25, 0.3) is 0 Å². The molecule has 7 heteroatoms. The number of guanidine groups is 1. The molecule has 0 spiro atoms. The summed E-state index contributed by atoms with van der Waals surface area (Å²) in [5.74, 6) is 1.68. The molecule has 0 fully saturated rings. The summed E-state index contributed by atoms with van der Waals surface area (Å²) in [6.45, 7) is 8.95. The highest BCUT2D eigenvalue weighted by Crippen LogP contribution is 2.24. The number of methoxy groups -OCH3 is 2. The van der Waals surface area contributed by atoms with Gasteiger partial charge in [-0.1, -0.05) is 0 Å². The maximum Gasteiger partial charge on any atom is 0.191 e. The fourth-order valence-electron chi connectivity index (χ4n) is 2.15. The molecule has 1 aromatic rings. The molecule has 1 aromatic heterocycles. The van der Waals surface area contributed by atoms with Crippen LogP contribution in [0.4, 0.5) is 0 Å². The molecule has 0 radical (unpaired) electrons. The normalized spacial score (nSPS) is 10.9. The lowest BCUT2D eigenvalue weighted by Crippen LogP contribution is -2.38. The molecule has 1 rings (SSSR count). The first-order valence-electron chi connectivity index (χ1n) is 7.64. The van der Waals surface area contributed by atoms with E-state index in [1.165, 1.54) is 0 Å². The summed E-state index contributed by atoms with van der Waals surface area (Å²) in [5.41, 5.74) is 3.01. The second kappa shape index (κ2) is 12.3. The molecule has 0 saturated heterocycles. The van der Waals surface area contributed by atoms with Crippen molar-refractivity contribution in [1.82, 2.24) is 15.6 Å². The van der Waals surface area contributed by atoms with Crippen molar-refractivity contribution in [3.05, 3.63) is 23.0 Å². The van der Waals surface area contributed by atoms with Gasteiger partial charge >= 0.3 is 0 Å². The van der Waals surface area contributed by atoms with Crippen molar-refractivity contribution in [3.8, 4) is 5.75 Å². The predicted octanol–water partition coefficient (Wildman–Crippen LogP) is 2.42. The summed E-state index contributed by atoms with van der Waals surface area (Å²) >= 11 is 0. The van der Waals surface area contributed by atoms with Crippen molar-refractivity contribution in [3.63, 3.8) is 0 Å². The Bertz CT molecular complexity index is 495. The van der Waals surface area contributed by atoms with Crippen molar-refractivity contribution in [1.29, 1.82) is 0 Å². The molecule has 0 unspecified atom stereocenters. The summed E-state index contributed by atoms with van der Waals surface area (Å²) < 4.78 is 10.5. The SMILES string of the molecule is CCNC(=NCc1ncc(C)c(OC)c1C)NCCCOC.I. The molecule has 6 nitrogen and oxygen atoms in total. The predicted molar refractivity (Wildman–Crippen MR) is 105 cm³/mol. The molecule has 0 aliphatic rings. The summed E-state index contributed by atoms with van der Waals surface area (Å²) in [4.78, 5) is 9.05. The summed E-state index contributed by atoms with van der Waals surface area (Å²) in [5, 5.41) is 6.51. The number of ether oxygens (including phenoxy) is 2. The molecule has 2 N–H and O–H groups in total. The van der Waals surface area contributed by atoms with Crippen molar-refractivity contribution < 1.29 is 9.47 Å². The van der Waals surface area contributed by atoms with E-state index in [0.717, 1.165) is 54.6 Å². The van der Waals surface area contributed by atoms with Crippen LogP contribution in [0.5, 0.6) is 5.75 Å². The number of hydrogen-bond donors (Lipinski definition) is 2. The average molecular weight is 436 g/mol. The minimum atomic E-state index is 0. The minimum Gasteiger partial charge on any atom is -0.496 e. The van der Waals surface area contributed by atoms with E-state index >= 15 is 0 Å². The number of nitrogens with one attached hydrogen (secondary N) is 2. The van der Waals surface area contributed by atoms with E-state index in [-0.39, 0.29) is 24.0 Å². The zero-order valence-electron chi connectivity index (χ0n) is 14.7. The fraction of sp³-hybridized carbons (Fsp3) is 0.625. The van der Waals surface area contributed by atoms with Crippen LogP contribution in [0, 0.1) is 13.8 Å². The molecule has 23 heavy (non-hydrogen) atoms. The number of rotatable bonds is 8. The summed E-state index contributed by atoms with van der Waals surface area (Å²) in [6.07, 6.45) is 2.77. The molecular weight excluding hydrogens is 407 g/mol. The lowest BCUT2D eigenvalue weighted by atomic mass is 10.1. The van der Waals surface area contributed by atoms with Crippen LogP contribution >= 0.6 is 24.0 Å². The van der Waals surface area contributed by atoms with E-state index in [1.807, 2.05) is 27.0 Å². The summed E-state index contributed by atoms with van der Waals surface area (Å²) in [7, 11) is 3.39. The first kappa shape index (κ1) is 21.9. The van der Waals surface area contributed by atoms with Crippen LogP contribution < -0.4 is 15.4 Å². The highest BCUT2D eigenvalue weighted by molar-refractivity contribution is 14.0. The number of aliphatic imine (C=N–C) groups is 1. The van der Waals surface area contributed by atoms with E-state index in [4.69, 9.17) is 9.47 Å². The van der Waals surface area contributed by atoms with Gasteiger partial charge in [0.2, 0.25) is 0 Å². The maximum absolute atomic E-state index is 5.43. The lowest BCUT2D eigenvalue weighted by Gasteiger charge is -2.13. The molecule has 0 bridgehead atoms. The molecular formula is C16H29IN4O2. The quantitative estimate of drug-likeness (QED) is 0.284. The van der Waals surface area contributed by atoms with Crippen LogP contribution in [0.1, 0.15) is 30.2 Å². The van der Waals surface area contributed by atoms with Gasteiger partial charge in [0, 0.05) is 44.1 Å². The van der Waals surface area contributed by atoms with E-state index in [1.54, 1.807) is 14.2 Å². The number of hydrogen-bond acceptors (Lipinski definition) is 4. The van der Waals surface area contributed by atoms with Crippen LogP contribution in [-0.2, 0) is 11.3 Å². The van der Waals surface area contributed by atoms with Crippen molar-refractivity contribution in [2.45, 2.75) is 33.7 Å². The fourth-order valence-corrected chi connectivity index (χ4v) is 2.15. The third-order valence-corrected chi connectivity index (χ3v) is 3.30. The van der Waals surface area contributed by atoms with Gasteiger partial charge in [-0.05, 0) is 27.2 Å². The topological polar surface area (TPSA) is 67.8 Å². The molecule has 0 aromatic carbocycles. The van der Waals surface area contributed by atoms with Gasteiger partial charge in [0.05, 0.1) is 19.3 Å². The molecule has 0 atom stereocenters. The van der Waals surface area contributed by atoms with E-state index in [9.17, 15) is 0 Å². The van der Waals surface area contributed by atoms with E-state index in [0.29, 0.717) is 6.54 Å². The Morgan fingerprint density at radius 3 is 2.61 bits per heavy atom. The zero-order valence-corrected chi connectivity index (χ0v) is 17.1. The molecule has 1 heterocycles. The Balaban J connectivity index is 0.00000484. The third-order valence-electron chi connectivity index (χ3n) is 3.30. The Labute approximate surface area is 156 Å². The lowest BCUT2D eigenvalue weighted by molar-refractivity contribution is 0.195. The van der Waals surface area contributed by atoms with Crippen LogP contribution in [-0.4, -0.2) is 44.9 Å². The number of pyridine rings is 1. The van der Waals surface area contributed by atoms with Gasteiger partial charge in [0.15, 0.2) is 5.96 Å². The Hall–Kier alpha value is -1.09. The van der Waals surface area contributed by atoms with Gasteiger partial charge in [-0.25, -0.2) is 4.99 Å². The Morgan fingerprint density at radius 1 is 1.26 bits per heavy atom. The monoisotopic (exact) mass is 436 g/mol. The van der Waals surface area contributed by atoms with E-state index in [2.05, 4.69) is 20.6 Å². The Morgan fingerprint density at radius 2 is 2.00 bits per heavy atom. The van der Waals surface area contributed by atoms with Crippen LogP contribution in [0.15, 0.2) is 11.2 Å². The second-order valence-electron chi connectivity index (χ2n) is 5.01. The smallest absolute Gasteiger partial charge is 0.191 e. The molecule has 0 amide bonds. The Kier molecular flexibility index (Phi) is 11.8. The minimum absolute atomic E-state index is 0. The number of aromatic nitrogens is 1. The number of aryl methyl sites for hydroxylation is 1. The van der Waals surface area contributed by atoms with Crippen LogP contribution in [0.3, 0.4) is 0 Å². The van der Waals surface area contributed by atoms with Gasteiger partial charge < -0.3 is 20.1 Å². The zero-order chi connectivity index (χ0) is 16.4. The van der Waals surface area contributed by atoms with Gasteiger partial charge in [0.1, 0.15) is 5.75 Å². The highest BCUT2D eigenvalue weighted by atomic mass is 127. The van der Waals surface area contributed by atoms with Gasteiger partial charge in [-0.3, -0.25) is 4.98 Å². The van der Waals surface area contributed by atoms with Crippen LogP contribution in [0.25, 0.3) is 0 Å². The number of halogens is 1. The first-order chi connectivity index (χ1) is 10.6. The maximum atomic E-state index is 5.43. The average Bonchev–Trinajstić information content (AvgIpc) is 2.51. The molecule has 132 valence electrons. The molecule has 0 aliphatic heterocycles. The molecule has 0 aliphatic carbocycles. The van der Waals surface area contributed by atoms with Crippen molar-refractivity contribution in [2.75, 3.05) is 33.9 Å². The van der Waals surface area contributed by atoms with E-state index < -0.39 is 0 Å². The van der Waals surface area contributed by atoms with Crippen molar-refractivity contribution >= 4 is 29.9 Å². The van der Waals surface area contributed by atoms with Crippen molar-refractivity contribution in [2.24, 2.45) is 4.99 Å². The second-order valence-corrected chi connectivity index (χ2v) is 5.01. The third kappa shape index (κ3) is 7.34. The largest absolute Gasteiger partial charge is 0.496 e. The van der Waals surface area contributed by atoms with Gasteiger partial charge in [-0.2, -0.15) is 0 Å². The standard InChI is InChI=1S/C16H28N4O2.HI/c1-6-17-16(18-8-7-9-21-4)20-11-14-13(3)15(22-5)12(2)10-19-14;/h10H,6-9,11H2,1-5H3,(H2,17,18,20);1H. The van der Waals surface area contributed by atoms with Gasteiger partial charge in [-0.15, -0.1) is 24.0 Å². The number of nitrogens with zero attached hydrogens (tertiary/aromatic N) is 2. The first-order valence-corrected chi connectivity index (χ1v) is 7.64. The summed E-state index contributed by atoms with van der Waals surface area (Å²) in [6, 6.07) is 0. The highest BCUT2D eigenvalue weighted by Gasteiger charge is 2.09. The molecule has 0 saturated carbocycles. The van der Waals surface area contributed by atoms with Crippen LogP contribution in [0.2, 0.25) is 0 Å².